The third-order valence-corrected chi connectivity index (χ3v) is 4.89. The van der Waals surface area contributed by atoms with Gasteiger partial charge in [-0.05, 0) is 40.5 Å². The average molecular weight is 433 g/mol. The van der Waals surface area contributed by atoms with Gasteiger partial charge in [-0.25, -0.2) is 0 Å². The summed E-state index contributed by atoms with van der Waals surface area (Å²) in [5.41, 5.74) is 2.40. The van der Waals surface area contributed by atoms with Crippen molar-refractivity contribution in [1.29, 1.82) is 0 Å². The first-order chi connectivity index (χ1) is 11.1. The maximum absolute atomic E-state index is 4.13. The predicted octanol–water partition coefficient (Wildman–Crippen LogP) is 5.64. The van der Waals surface area contributed by atoms with Crippen molar-refractivity contribution in [3.63, 3.8) is 0 Å². The lowest BCUT2D eigenvalue weighted by Crippen LogP contribution is -1.85. The number of aryl methyl sites for hydroxylation is 2. The molecule has 0 saturated heterocycles. The summed E-state index contributed by atoms with van der Waals surface area (Å²) in [6.45, 7) is 2.07. The molecule has 0 unspecified atom stereocenters. The molecule has 3 aromatic heterocycles. The van der Waals surface area contributed by atoms with E-state index in [9.17, 15) is 0 Å². The van der Waals surface area contributed by atoms with Crippen LogP contribution in [0.3, 0.4) is 0 Å². The van der Waals surface area contributed by atoms with Crippen LogP contribution in [-0.2, 0) is 7.05 Å². The van der Waals surface area contributed by atoms with Gasteiger partial charge in [0.15, 0.2) is 0 Å². The molecule has 4 rings (SSSR count). The van der Waals surface area contributed by atoms with Crippen molar-refractivity contribution in [3.8, 4) is 0 Å². The summed E-state index contributed by atoms with van der Waals surface area (Å²) in [7, 11) is 2.02. The number of pyridine rings is 2. The SMILES string of the molecule is Cc1cncc2cccc(Br)c12.Cn1ccc2cncc(Br)c21. The Morgan fingerprint density at radius 1 is 0.870 bits per heavy atom. The number of halogens is 2. The Morgan fingerprint density at radius 3 is 2.35 bits per heavy atom. The predicted molar refractivity (Wildman–Crippen MR) is 103 cm³/mol. The number of hydrogen-bond acceptors (Lipinski definition) is 2. The van der Waals surface area contributed by atoms with E-state index < -0.39 is 0 Å². The molecule has 0 aliphatic carbocycles. The minimum atomic E-state index is 1.04. The van der Waals surface area contributed by atoms with E-state index in [1.165, 1.54) is 27.2 Å². The minimum absolute atomic E-state index is 1.04. The molecule has 3 nitrogen and oxygen atoms in total. The maximum atomic E-state index is 4.13. The molecule has 0 radical (unpaired) electrons. The molecular weight excluding hydrogens is 418 g/mol. The van der Waals surface area contributed by atoms with Gasteiger partial charge in [-0.2, -0.15) is 0 Å². The number of hydrogen-bond donors (Lipinski definition) is 0. The lowest BCUT2D eigenvalue weighted by atomic mass is 10.1. The fourth-order valence-corrected chi connectivity index (χ4v) is 3.88. The van der Waals surface area contributed by atoms with Crippen molar-refractivity contribution in [2.75, 3.05) is 0 Å². The van der Waals surface area contributed by atoms with E-state index in [1.807, 2.05) is 50.2 Å². The first-order valence-electron chi connectivity index (χ1n) is 7.11. The smallest absolute Gasteiger partial charge is 0.0653 e. The van der Waals surface area contributed by atoms with Crippen molar-refractivity contribution in [2.45, 2.75) is 6.92 Å². The molecule has 0 aliphatic rings. The highest BCUT2D eigenvalue weighted by molar-refractivity contribution is 9.11. The number of aromatic nitrogens is 3. The highest BCUT2D eigenvalue weighted by Gasteiger charge is 2.01. The van der Waals surface area contributed by atoms with E-state index in [2.05, 4.69) is 65.5 Å². The van der Waals surface area contributed by atoms with Crippen LogP contribution in [0.15, 0.2) is 64.2 Å². The minimum Gasteiger partial charge on any atom is -0.350 e. The van der Waals surface area contributed by atoms with Gasteiger partial charge in [0, 0.05) is 58.7 Å². The fraction of sp³-hybridized carbons (Fsp3) is 0.111. The van der Waals surface area contributed by atoms with Crippen LogP contribution in [0.25, 0.3) is 21.7 Å². The molecule has 4 aromatic rings. The molecule has 0 atom stereocenters. The molecule has 0 fully saturated rings. The Kier molecular flexibility index (Phi) is 4.78. The van der Waals surface area contributed by atoms with E-state index in [0.29, 0.717) is 0 Å². The van der Waals surface area contributed by atoms with Crippen LogP contribution in [0.2, 0.25) is 0 Å². The van der Waals surface area contributed by atoms with Crippen LogP contribution in [0.4, 0.5) is 0 Å². The lowest BCUT2D eigenvalue weighted by Gasteiger charge is -2.02. The first kappa shape index (κ1) is 16.1. The van der Waals surface area contributed by atoms with Gasteiger partial charge in [0.2, 0.25) is 0 Å². The van der Waals surface area contributed by atoms with Gasteiger partial charge >= 0.3 is 0 Å². The second-order valence-electron chi connectivity index (χ2n) is 5.28. The molecule has 0 spiro atoms. The zero-order chi connectivity index (χ0) is 16.4. The average Bonchev–Trinajstić information content (AvgIpc) is 2.91. The lowest BCUT2D eigenvalue weighted by molar-refractivity contribution is 0.965. The Labute approximate surface area is 151 Å². The third-order valence-electron chi connectivity index (χ3n) is 3.65. The highest BCUT2D eigenvalue weighted by Crippen LogP contribution is 2.25. The van der Waals surface area contributed by atoms with Crippen LogP contribution in [0, 0.1) is 6.92 Å². The molecule has 1 aromatic carbocycles. The van der Waals surface area contributed by atoms with Crippen LogP contribution in [0.5, 0.6) is 0 Å². The van der Waals surface area contributed by atoms with Crippen LogP contribution < -0.4 is 0 Å². The fourth-order valence-electron chi connectivity index (χ4n) is 2.56. The Balaban J connectivity index is 0.000000136. The molecule has 0 N–H and O–H groups in total. The van der Waals surface area contributed by atoms with Crippen molar-refractivity contribution in [3.05, 3.63) is 69.8 Å². The monoisotopic (exact) mass is 431 g/mol. The topological polar surface area (TPSA) is 30.7 Å². The van der Waals surface area contributed by atoms with Crippen LogP contribution >= 0.6 is 31.9 Å². The van der Waals surface area contributed by atoms with Gasteiger partial charge in [-0.3, -0.25) is 9.97 Å². The standard InChI is InChI=1S/C10H8BrN.C8H7BrN2/c1-7-5-12-6-8-3-2-4-9(11)10(7)8;1-11-3-2-6-4-10-5-7(9)8(6)11/h2-6H,1H3;2-5H,1H3. The molecule has 0 bridgehead atoms. The van der Waals surface area contributed by atoms with E-state index in [0.717, 1.165) is 8.95 Å². The normalized spacial score (nSPS) is 10.6. The summed E-state index contributed by atoms with van der Waals surface area (Å²) >= 11 is 6.96. The van der Waals surface area contributed by atoms with Gasteiger partial charge in [-0.15, -0.1) is 0 Å². The summed E-state index contributed by atoms with van der Waals surface area (Å²) in [6.07, 6.45) is 9.46. The van der Waals surface area contributed by atoms with Crippen molar-refractivity contribution < 1.29 is 0 Å². The molecule has 0 amide bonds. The Bertz CT molecular complexity index is 940. The number of nitrogens with zero attached hydrogens (tertiary/aromatic N) is 3. The van der Waals surface area contributed by atoms with E-state index >= 15 is 0 Å². The van der Waals surface area contributed by atoms with Gasteiger partial charge < -0.3 is 4.57 Å². The van der Waals surface area contributed by atoms with Crippen LogP contribution in [-0.4, -0.2) is 14.5 Å². The molecule has 116 valence electrons. The quantitative estimate of drug-likeness (QED) is 0.360. The Morgan fingerprint density at radius 2 is 1.61 bits per heavy atom. The van der Waals surface area contributed by atoms with Gasteiger partial charge in [0.25, 0.3) is 0 Å². The summed E-state index contributed by atoms with van der Waals surface area (Å²) in [5, 5.41) is 3.61. The maximum Gasteiger partial charge on any atom is 0.0653 e. The highest BCUT2D eigenvalue weighted by atomic mass is 79.9. The zero-order valence-electron chi connectivity index (χ0n) is 12.8. The molecule has 0 saturated carbocycles. The summed E-state index contributed by atoms with van der Waals surface area (Å²) in [6, 6.07) is 8.19. The molecule has 5 heteroatoms. The van der Waals surface area contributed by atoms with E-state index in [1.54, 1.807) is 0 Å². The summed E-state index contributed by atoms with van der Waals surface area (Å²) in [5.74, 6) is 0. The number of fused-ring (bicyclic) bond motifs is 2. The summed E-state index contributed by atoms with van der Waals surface area (Å²) < 4.78 is 4.25. The largest absolute Gasteiger partial charge is 0.350 e. The van der Waals surface area contributed by atoms with Crippen molar-refractivity contribution in [2.24, 2.45) is 7.05 Å². The summed E-state index contributed by atoms with van der Waals surface area (Å²) in [4.78, 5) is 8.20. The molecule has 23 heavy (non-hydrogen) atoms. The molecule has 0 aliphatic heterocycles. The van der Waals surface area contributed by atoms with E-state index in [4.69, 9.17) is 0 Å². The number of benzene rings is 1. The van der Waals surface area contributed by atoms with Crippen molar-refractivity contribution >= 4 is 53.5 Å². The van der Waals surface area contributed by atoms with Gasteiger partial charge in [0.05, 0.1) is 9.99 Å². The molecular formula is C18H15Br2N3. The molecule has 3 heterocycles. The third kappa shape index (κ3) is 3.31. The van der Waals surface area contributed by atoms with E-state index in [-0.39, 0.29) is 0 Å². The second kappa shape index (κ2) is 6.81. The zero-order valence-corrected chi connectivity index (χ0v) is 16.0. The second-order valence-corrected chi connectivity index (χ2v) is 6.99. The van der Waals surface area contributed by atoms with Crippen LogP contribution in [0.1, 0.15) is 5.56 Å². The number of rotatable bonds is 0. The first-order valence-corrected chi connectivity index (χ1v) is 8.70. The van der Waals surface area contributed by atoms with Gasteiger partial charge in [0.1, 0.15) is 0 Å². The van der Waals surface area contributed by atoms with Gasteiger partial charge in [-0.1, -0.05) is 28.1 Å². The van der Waals surface area contributed by atoms with Crippen molar-refractivity contribution in [1.82, 2.24) is 14.5 Å². The Hall–Kier alpha value is -1.72.